The Morgan fingerprint density at radius 3 is 2.77 bits per heavy atom. The summed E-state index contributed by atoms with van der Waals surface area (Å²) in [6.45, 7) is 0. The molecular formula is C9H14N2OS. The van der Waals surface area contributed by atoms with Crippen LogP contribution < -0.4 is 10.5 Å². The van der Waals surface area contributed by atoms with Gasteiger partial charge in [-0.15, -0.1) is 0 Å². The number of rotatable bonds is 2. The molecule has 1 aromatic heterocycles. The average molecular weight is 198 g/mol. The second-order valence-corrected chi connectivity index (χ2v) is 4.31. The predicted molar refractivity (Wildman–Crippen MR) is 53.0 cm³/mol. The first-order valence-electron chi connectivity index (χ1n) is 4.66. The summed E-state index contributed by atoms with van der Waals surface area (Å²) in [6, 6.07) is 0.385. The lowest BCUT2D eigenvalue weighted by molar-refractivity contribution is 0.146. The van der Waals surface area contributed by atoms with Crippen molar-refractivity contribution in [1.82, 2.24) is 4.98 Å². The molecule has 1 aliphatic rings. The molecule has 0 radical (unpaired) electrons. The van der Waals surface area contributed by atoms with E-state index in [1.54, 1.807) is 17.5 Å². The summed E-state index contributed by atoms with van der Waals surface area (Å²) < 4.78 is 5.70. The highest BCUT2D eigenvalue weighted by Crippen LogP contribution is 2.23. The van der Waals surface area contributed by atoms with E-state index in [1.165, 1.54) is 0 Å². The first-order valence-corrected chi connectivity index (χ1v) is 5.54. The quantitative estimate of drug-likeness (QED) is 0.788. The Bertz CT molecular complexity index is 242. The van der Waals surface area contributed by atoms with Crippen LogP contribution in [0.3, 0.4) is 0 Å². The van der Waals surface area contributed by atoms with Crippen molar-refractivity contribution in [2.75, 3.05) is 0 Å². The number of ether oxygens (including phenoxy) is 1. The van der Waals surface area contributed by atoms with Gasteiger partial charge >= 0.3 is 0 Å². The van der Waals surface area contributed by atoms with Crippen molar-refractivity contribution in [3.05, 3.63) is 11.6 Å². The van der Waals surface area contributed by atoms with Crippen molar-refractivity contribution in [3.8, 4) is 5.19 Å². The Morgan fingerprint density at radius 2 is 2.15 bits per heavy atom. The summed E-state index contributed by atoms with van der Waals surface area (Å²) in [5, 5.41) is 2.73. The molecule has 4 heteroatoms. The van der Waals surface area contributed by atoms with Gasteiger partial charge in [-0.1, -0.05) is 11.3 Å². The van der Waals surface area contributed by atoms with E-state index in [0.29, 0.717) is 12.1 Å². The van der Waals surface area contributed by atoms with Crippen LogP contribution in [-0.4, -0.2) is 17.1 Å². The molecule has 2 N–H and O–H groups in total. The molecular weight excluding hydrogens is 184 g/mol. The first kappa shape index (κ1) is 8.97. The van der Waals surface area contributed by atoms with E-state index in [1.807, 2.05) is 5.38 Å². The molecule has 0 atom stereocenters. The first-order chi connectivity index (χ1) is 6.34. The topological polar surface area (TPSA) is 48.1 Å². The number of thiazole rings is 1. The molecule has 13 heavy (non-hydrogen) atoms. The normalized spacial score (nSPS) is 28.7. The van der Waals surface area contributed by atoms with E-state index >= 15 is 0 Å². The number of aromatic nitrogens is 1. The molecule has 3 nitrogen and oxygen atoms in total. The number of nitrogens with zero attached hydrogens (tertiary/aromatic N) is 1. The Morgan fingerprint density at radius 1 is 1.38 bits per heavy atom. The van der Waals surface area contributed by atoms with Crippen LogP contribution in [0, 0.1) is 0 Å². The fourth-order valence-corrected chi connectivity index (χ4v) is 2.17. The van der Waals surface area contributed by atoms with Crippen LogP contribution >= 0.6 is 11.3 Å². The highest BCUT2D eigenvalue weighted by atomic mass is 32.1. The third kappa shape index (κ3) is 2.42. The van der Waals surface area contributed by atoms with Crippen molar-refractivity contribution in [2.24, 2.45) is 5.73 Å². The third-order valence-corrected chi connectivity index (χ3v) is 3.06. The molecule has 0 unspecified atom stereocenters. The van der Waals surface area contributed by atoms with Crippen LogP contribution in [0.5, 0.6) is 5.19 Å². The van der Waals surface area contributed by atoms with E-state index in [2.05, 4.69) is 4.98 Å². The smallest absolute Gasteiger partial charge is 0.273 e. The van der Waals surface area contributed by atoms with E-state index in [0.717, 1.165) is 30.9 Å². The van der Waals surface area contributed by atoms with Gasteiger partial charge in [0.15, 0.2) is 0 Å². The lowest BCUT2D eigenvalue weighted by Gasteiger charge is -2.25. The minimum atomic E-state index is 0.339. The van der Waals surface area contributed by atoms with Gasteiger partial charge in [-0.25, -0.2) is 4.98 Å². The monoisotopic (exact) mass is 198 g/mol. The molecule has 72 valence electrons. The highest BCUT2D eigenvalue weighted by molar-refractivity contribution is 7.11. The maximum atomic E-state index is 5.80. The maximum absolute atomic E-state index is 5.80. The van der Waals surface area contributed by atoms with Gasteiger partial charge in [0.2, 0.25) is 0 Å². The van der Waals surface area contributed by atoms with Crippen molar-refractivity contribution < 1.29 is 4.74 Å². The second-order valence-electron chi connectivity index (χ2n) is 3.45. The Labute approximate surface area is 81.9 Å². The molecule has 0 spiro atoms. The summed E-state index contributed by atoms with van der Waals surface area (Å²) in [5.41, 5.74) is 5.80. The predicted octanol–water partition coefficient (Wildman–Crippen LogP) is 1.79. The number of hydrogen-bond acceptors (Lipinski definition) is 4. The van der Waals surface area contributed by atoms with Crippen molar-refractivity contribution in [1.29, 1.82) is 0 Å². The molecule has 2 rings (SSSR count). The molecule has 0 bridgehead atoms. The number of hydrogen-bond donors (Lipinski definition) is 1. The van der Waals surface area contributed by atoms with Crippen LogP contribution in [-0.2, 0) is 0 Å². The van der Waals surface area contributed by atoms with Crippen LogP contribution in [0.25, 0.3) is 0 Å². The number of nitrogens with two attached hydrogens (primary N) is 1. The summed E-state index contributed by atoms with van der Waals surface area (Å²) >= 11 is 1.55. The van der Waals surface area contributed by atoms with Gasteiger partial charge in [0.25, 0.3) is 5.19 Å². The molecule has 0 aromatic carbocycles. The van der Waals surface area contributed by atoms with Crippen LogP contribution in [0.4, 0.5) is 0 Å². The fourth-order valence-electron chi connectivity index (χ4n) is 1.62. The molecule has 1 fully saturated rings. The third-order valence-electron chi connectivity index (χ3n) is 2.40. The largest absolute Gasteiger partial charge is 0.467 e. The highest BCUT2D eigenvalue weighted by Gasteiger charge is 2.20. The summed E-state index contributed by atoms with van der Waals surface area (Å²) in [5.74, 6) is 0. The van der Waals surface area contributed by atoms with Gasteiger partial charge in [-0.05, 0) is 25.7 Å². The molecule has 0 amide bonds. The standard InChI is InChI=1S/C9H14N2OS/c10-7-1-3-8(4-2-7)12-9-11-5-6-13-9/h5-8H,1-4,10H2. The minimum absolute atomic E-state index is 0.339. The van der Waals surface area contributed by atoms with Crippen LogP contribution in [0.2, 0.25) is 0 Å². The van der Waals surface area contributed by atoms with Crippen molar-refractivity contribution >= 4 is 11.3 Å². The molecule has 1 aromatic rings. The average Bonchev–Trinajstić information content (AvgIpc) is 2.62. The second kappa shape index (κ2) is 4.07. The fraction of sp³-hybridized carbons (Fsp3) is 0.667. The van der Waals surface area contributed by atoms with Gasteiger partial charge in [0.05, 0.1) is 0 Å². The zero-order valence-corrected chi connectivity index (χ0v) is 8.30. The summed E-state index contributed by atoms with van der Waals surface area (Å²) in [6.07, 6.45) is 6.41. The van der Waals surface area contributed by atoms with Crippen LogP contribution in [0.1, 0.15) is 25.7 Å². The van der Waals surface area contributed by atoms with E-state index < -0.39 is 0 Å². The van der Waals surface area contributed by atoms with Gasteiger partial charge in [0, 0.05) is 17.6 Å². The zero-order valence-electron chi connectivity index (χ0n) is 7.48. The Balaban J connectivity index is 1.83. The summed E-state index contributed by atoms with van der Waals surface area (Å²) in [7, 11) is 0. The SMILES string of the molecule is NC1CCC(Oc2nccs2)CC1. The zero-order chi connectivity index (χ0) is 9.10. The lowest BCUT2D eigenvalue weighted by Crippen LogP contribution is -2.31. The van der Waals surface area contributed by atoms with Gasteiger partial charge in [0.1, 0.15) is 6.10 Å². The lowest BCUT2D eigenvalue weighted by atomic mass is 9.94. The van der Waals surface area contributed by atoms with E-state index in [-0.39, 0.29) is 0 Å². The molecule has 1 aliphatic carbocycles. The summed E-state index contributed by atoms with van der Waals surface area (Å²) in [4.78, 5) is 4.09. The molecule has 0 saturated heterocycles. The Hall–Kier alpha value is -0.610. The minimum Gasteiger partial charge on any atom is -0.467 e. The molecule has 0 aliphatic heterocycles. The molecule has 1 heterocycles. The van der Waals surface area contributed by atoms with Gasteiger partial charge < -0.3 is 10.5 Å². The van der Waals surface area contributed by atoms with Crippen molar-refractivity contribution in [2.45, 2.75) is 37.8 Å². The van der Waals surface area contributed by atoms with Gasteiger partial charge in [-0.2, -0.15) is 0 Å². The van der Waals surface area contributed by atoms with Crippen molar-refractivity contribution in [3.63, 3.8) is 0 Å². The van der Waals surface area contributed by atoms with Crippen LogP contribution in [0.15, 0.2) is 11.6 Å². The van der Waals surface area contributed by atoms with Gasteiger partial charge in [-0.3, -0.25) is 0 Å². The maximum Gasteiger partial charge on any atom is 0.273 e. The molecule has 1 saturated carbocycles. The van der Waals surface area contributed by atoms with E-state index in [9.17, 15) is 0 Å². The van der Waals surface area contributed by atoms with E-state index in [4.69, 9.17) is 10.5 Å². The Kier molecular flexibility index (Phi) is 2.80.